The average molecular weight is 368 g/mol. The minimum absolute atomic E-state index is 0.168. The van der Waals surface area contributed by atoms with Crippen LogP contribution in [0.2, 0.25) is 0 Å². The normalized spacial score (nSPS) is 23.7. The van der Waals surface area contributed by atoms with E-state index in [1.54, 1.807) is 14.0 Å². The molecule has 0 saturated carbocycles. The van der Waals surface area contributed by atoms with Crippen LogP contribution in [0.3, 0.4) is 0 Å². The van der Waals surface area contributed by atoms with Crippen molar-refractivity contribution < 1.29 is 19.2 Å². The summed E-state index contributed by atoms with van der Waals surface area (Å²) in [6, 6.07) is 11.4. The molecular weight excluding hydrogens is 342 g/mol. The third-order valence-corrected chi connectivity index (χ3v) is 5.84. The highest BCUT2D eigenvalue weighted by molar-refractivity contribution is 6.07. The number of ether oxygens (including phenoxy) is 1. The Labute approximate surface area is 159 Å². The number of urea groups is 1. The topological polar surface area (TPSA) is 63.1 Å². The van der Waals surface area contributed by atoms with Crippen LogP contribution >= 0.6 is 0 Å². The summed E-state index contributed by atoms with van der Waals surface area (Å²) >= 11 is 0. The van der Waals surface area contributed by atoms with Gasteiger partial charge in [0.05, 0.1) is 20.2 Å². The molecule has 2 heterocycles. The van der Waals surface area contributed by atoms with E-state index in [0.29, 0.717) is 6.67 Å². The van der Waals surface area contributed by atoms with Gasteiger partial charge >= 0.3 is 6.03 Å². The minimum Gasteiger partial charge on any atom is -0.497 e. The van der Waals surface area contributed by atoms with Gasteiger partial charge in [0.2, 0.25) is 0 Å². The van der Waals surface area contributed by atoms with E-state index >= 15 is 0 Å². The predicted molar refractivity (Wildman–Crippen MR) is 103 cm³/mol. The molecule has 2 N–H and O–H groups in total. The van der Waals surface area contributed by atoms with E-state index in [2.05, 4.69) is 5.32 Å². The first-order chi connectivity index (χ1) is 13.0. The third-order valence-electron chi connectivity index (χ3n) is 5.84. The van der Waals surface area contributed by atoms with Crippen LogP contribution in [0, 0.1) is 0 Å². The van der Waals surface area contributed by atoms with Crippen LogP contribution < -0.4 is 15.0 Å². The Morgan fingerprint density at radius 3 is 2.52 bits per heavy atom. The van der Waals surface area contributed by atoms with Crippen molar-refractivity contribution in [2.75, 3.05) is 26.9 Å². The van der Waals surface area contributed by atoms with Crippen LogP contribution in [0.1, 0.15) is 31.7 Å². The number of carbonyl (C=O) groups excluding carboxylic acids is 2. The van der Waals surface area contributed by atoms with Crippen molar-refractivity contribution in [3.8, 4) is 5.75 Å². The van der Waals surface area contributed by atoms with Crippen LogP contribution in [0.5, 0.6) is 5.75 Å². The second-order valence-corrected chi connectivity index (χ2v) is 7.68. The van der Waals surface area contributed by atoms with Crippen LogP contribution in [0.4, 0.5) is 4.79 Å². The van der Waals surface area contributed by atoms with Crippen molar-refractivity contribution in [1.82, 2.24) is 10.2 Å². The number of likely N-dealkylation sites (tertiary alicyclic amines) is 1. The Kier molecular flexibility index (Phi) is 4.52. The minimum atomic E-state index is -1.03. The van der Waals surface area contributed by atoms with E-state index in [1.165, 1.54) is 16.2 Å². The number of hydrogen-bond acceptors (Lipinski definition) is 3. The average Bonchev–Trinajstić information content (AvgIpc) is 2.92. The van der Waals surface area contributed by atoms with Crippen molar-refractivity contribution in [3.63, 3.8) is 0 Å². The zero-order chi connectivity index (χ0) is 19.0. The van der Waals surface area contributed by atoms with E-state index in [0.717, 1.165) is 48.0 Å². The number of quaternary nitrogens is 1. The lowest BCUT2D eigenvalue weighted by atomic mass is 9.90. The maximum atomic E-state index is 13.2. The van der Waals surface area contributed by atoms with Gasteiger partial charge < -0.3 is 15.0 Å². The Morgan fingerprint density at radius 1 is 1.07 bits per heavy atom. The number of rotatable bonds is 4. The first kappa shape index (κ1) is 17.8. The Morgan fingerprint density at radius 2 is 1.78 bits per heavy atom. The van der Waals surface area contributed by atoms with Gasteiger partial charge in [-0.05, 0) is 60.7 Å². The summed E-state index contributed by atoms with van der Waals surface area (Å²) in [4.78, 5) is 28.4. The number of nitrogens with one attached hydrogen (secondary N) is 2. The zero-order valence-corrected chi connectivity index (χ0v) is 15.9. The molecule has 6 heteroatoms. The van der Waals surface area contributed by atoms with E-state index in [4.69, 9.17) is 4.74 Å². The van der Waals surface area contributed by atoms with Gasteiger partial charge in [-0.2, -0.15) is 0 Å². The summed E-state index contributed by atoms with van der Waals surface area (Å²) in [6.45, 7) is 4.28. The molecule has 0 unspecified atom stereocenters. The van der Waals surface area contributed by atoms with Gasteiger partial charge in [0.15, 0.2) is 6.67 Å². The summed E-state index contributed by atoms with van der Waals surface area (Å²) in [7, 11) is 1.64. The molecule has 142 valence electrons. The van der Waals surface area contributed by atoms with Gasteiger partial charge in [0, 0.05) is 0 Å². The van der Waals surface area contributed by atoms with Crippen LogP contribution in [-0.2, 0) is 10.3 Å². The second kappa shape index (κ2) is 6.85. The molecule has 6 nitrogen and oxygen atoms in total. The number of benzene rings is 2. The van der Waals surface area contributed by atoms with Crippen LogP contribution in [-0.4, -0.2) is 43.7 Å². The second-order valence-electron chi connectivity index (χ2n) is 7.68. The summed E-state index contributed by atoms with van der Waals surface area (Å²) in [6.07, 6.45) is 3.55. The quantitative estimate of drug-likeness (QED) is 0.807. The number of fused-ring (bicyclic) bond motifs is 1. The molecule has 27 heavy (non-hydrogen) atoms. The maximum Gasteiger partial charge on any atom is 0.329 e. The van der Waals surface area contributed by atoms with Crippen molar-refractivity contribution in [3.05, 3.63) is 42.0 Å². The van der Waals surface area contributed by atoms with Crippen molar-refractivity contribution in [2.24, 2.45) is 0 Å². The first-order valence-electron chi connectivity index (χ1n) is 9.57. The van der Waals surface area contributed by atoms with Crippen LogP contribution in [0.15, 0.2) is 36.4 Å². The largest absolute Gasteiger partial charge is 0.497 e. The lowest BCUT2D eigenvalue weighted by Crippen LogP contribution is -3.14. The molecule has 0 aliphatic carbocycles. The SMILES string of the molecule is COc1ccc2cc([C@@]3(C)NC(=O)N(C[NH+]4CCCCC4)C3=O)ccc2c1. The predicted octanol–water partition coefficient (Wildman–Crippen LogP) is 1.64. The van der Waals surface area contributed by atoms with Crippen molar-refractivity contribution in [1.29, 1.82) is 0 Å². The monoisotopic (exact) mass is 368 g/mol. The summed E-state index contributed by atoms with van der Waals surface area (Å²) in [5.41, 5.74) is -0.227. The van der Waals surface area contributed by atoms with Gasteiger partial charge in [-0.25, -0.2) is 9.69 Å². The highest BCUT2D eigenvalue weighted by atomic mass is 16.5. The number of hydrogen-bond donors (Lipinski definition) is 2. The fraction of sp³-hybridized carbons (Fsp3) is 0.429. The summed E-state index contributed by atoms with van der Waals surface area (Å²) in [5, 5.41) is 4.97. The van der Waals surface area contributed by atoms with Gasteiger partial charge in [-0.15, -0.1) is 0 Å². The molecule has 2 saturated heterocycles. The molecule has 0 spiro atoms. The van der Waals surface area contributed by atoms with E-state index < -0.39 is 5.54 Å². The highest BCUT2D eigenvalue weighted by Gasteiger charge is 2.50. The molecular formula is C21H26N3O3+. The van der Waals surface area contributed by atoms with Gasteiger partial charge in [0.1, 0.15) is 11.3 Å². The Hall–Kier alpha value is -2.60. The zero-order valence-electron chi connectivity index (χ0n) is 15.9. The van der Waals surface area contributed by atoms with Crippen molar-refractivity contribution >= 4 is 22.7 Å². The number of amides is 3. The first-order valence-corrected chi connectivity index (χ1v) is 9.57. The summed E-state index contributed by atoms with van der Waals surface area (Å²) < 4.78 is 5.27. The molecule has 0 bridgehead atoms. The van der Waals surface area contributed by atoms with Gasteiger partial charge in [-0.1, -0.05) is 18.2 Å². The molecule has 2 aromatic carbocycles. The van der Waals surface area contributed by atoms with Crippen LogP contribution in [0.25, 0.3) is 10.8 Å². The summed E-state index contributed by atoms with van der Waals surface area (Å²) in [5.74, 6) is 0.626. The van der Waals surface area contributed by atoms with E-state index in [-0.39, 0.29) is 11.9 Å². The Balaban J connectivity index is 1.61. The molecule has 4 rings (SSSR count). The smallest absolute Gasteiger partial charge is 0.329 e. The number of methoxy groups -OCH3 is 1. The van der Waals surface area contributed by atoms with Crippen molar-refractivity contribution in [2.45, 2.75) is 31.7 Å². The molecule has 0 aromatic heterocycles. The molecule has 3 amide bonds. The number of carbonyl (C=O) groups is 2. The molecule has 2 aliphatic rings. The van der Waals surface area contributed by atoms with E-state index in [9.17, 15) is 9.59 Å². The molecule has 0 radical (unpaired) electrons. The van der Waals surface area contributed by atoms with Gasteiger partial charge in [0.25, 0.3) is 5.91 Å². The number of piperidine rings is 1. The molecule has 2 aromatic rings. The lowest BCUT2D eigenvalue weighted by Gasteiger charge is -2.27. The fourth-order valence-electron chi connectivity index (χ4n) is 4.13. The standard InChI is InChI=1S/C21H25N3O3/c1-21(17-8-6-16-13-18(27-2)9-7-15(16)12-17)19(25)24(20(26)22-21)14-23-10-4-3-5-11-23/h6-9,12-13H,3-5,10-11,14H2,1-2H3,(H,22,26)/p+1/t21-/m1/s1. The molecule has 2 aliphatic heterocycles. The Bertz CT molecular complexity index is 891. The fourth-order valence-corrected chi connectivity index (χ4v) is 4.13. The molecule has 1 atom stereocenters. The van der Waals surface area contributed by atoms with E-state index in [1.807, 2.05) is 36.4 Å². The third kappa shape index (κ3) is 3.14. The lowest BCUT2D eigenvalue weighted by molar-refractivity contribution is -0.912. The molecule has 2 fully saturated rings. The van der Waals surface area contributed by atoms with Gasteiger partial charge in [-0.3, -0.25) is 4.79 Å². The number of nitrogens with zero attached hydrogens (tertiary/aromatic N) is 1. The maximum absolute atomic E-state index is 13.2. The number of imide groups is 1. The highest BCUT2D eigenvalue weighted by Crippen LogP contribution is 2.31.